The molecule has 9 rings (SSSR count). The monoisotopic (exact) mass is 566 g/mol. The van der Waals surface area contributed by atoms with Crippen molar-refractivity contribution in [2.24, 2.45) is 0 Å². The van der Waals surface area contributed by atoms with Gasteiger partial charge < -0.3 is 8.83 Å². The molecule has 3 aromatic heterocycles. The average Bonchev–Trinajstić information content (AvgIpc) is 3.68. The summed E-state index contributed by atoms with van der Waals surface area (Å²) in [6.45, 7) is 0. The zero-order chi connectivity index (χ0) is 29.0. The molecule has 0 aliphatic carbocycles. The van der Waals surface area contributed by atoms with Gasteiger partial charge in [0.05, 0.1) is 0 Å². The van der Waals surface area contributed by atoms with Crippen LogP contribution in [0, 0.1) is 0 Å². The minimum atomic E-state index is 0.568. The first kappa shape index (κ1) is 24.5. The highest BCUT2D eigenvalue weighted by molar-refractivity contribution is 6.14. The standard InChI is InChI=1S/C38H22N4O2/c1-3-11-24(12-4-1)35-40-36(27-19-18-23-10-7-8-15-26(23)20-27)42-37(41-35)28-16-9-17-31-34(28)29-21-33-30(22-32(29)43-31)39-38(44-33)25-13-5-2-6-14-25/h1-22H. The zero-order valence-electron chi connectivity index (χ0n) is 23.3. The molecular weight excluding hydrogens is 544 g/mol. The van der Waals surface area contributed by atoms with Crippen LogP contribution in [-0.4, -0.2) is 19.9 Å². The van der Waals surface area contributed by atoms with E-state index in [1.54, 1.807) is 0 Å². The van der Waals surface area contributed by atoms with Crippen molar-refractivity contribution >= 4 is 43.8 Å². The van der Waals surface area contributed by atoms with Gasteiger partial charge in [0.1, 0.15) is 16.7 Å². The lowest BCUT2D eigenvalue weighted by atomic mass is 10.0. The van der Waals surface area contributed by atoms with Gasteiger partial charge in [0.2, 0.25) is 5.89 Å². The van der Waals surface area contributed by atoms with E-state index < -0.39 is 0 Å². The molecule has 9 aromatic rings. The lowest BCUT2D eigenvalue weighted by Gasteiger charge is -2.10. The number of fused-ring (bicyclic) bond motifs is 5. The molecule has 44 heavy (non-hydrogen) atoms. The van der Waals surface area contributed by atoms with Crippen LogP contribution < -0.4 is 0 Å². The Hall–Kier alpha value is -6.14. The van der Waals surface area contributed by atoms with Crippen LogP contribution in [0.1, 0.15) is 0 Å². The van der Waals surface area contributed by atoms with Crippen LogP contribution in [0.2, 0.25) is 0 Å². The van der Waals surface area contributed by atoms with Gasteiger partial charge in [-0.15, -0.1) is 0 Å². The summed E-state index contributed by atoms with van der Waals surface area (Å²) in [4.78, 5) is 19.7. The van der Waals surface area contributed by atoms with Gasteiger partial charge in [-0.2, -0.15) is 0 Å². The van der Waals surface area contributed by atoms with Crippen molar-refractivity contribution in [3.8, 4) is 45.6 Å². The summed E-state index contributed by atoms with van der Waals surface area (Å²) in [7, 11) is 0. The molecule has 3 heterocycles. The molecule has 206 valence electrons. The second-order valence-corrected chi connectivity index (χ2v) is 10.7. The molecule has 6 nitrogen and oxygen atoms in total. The third-order valence-corrected chi connectivity index (χ3v) is 7.94. The largest absolute Gasteiger partial charge is 0.456 e. The molecule has 6 aromatic carbocycles. The van der Waals surface area contributed by atoms with Gasteiger partial charge in [-0.1, -0.05) is 97.1 Å². The molecule has 0 N–H and O–H groups in total. The van der Waals surface area contributed by atoms with E-state index >= 15 is 0 Å². The van der Waals surface area contributed by atoms with Gasteiger partial charge in [-0.25, -0.2) is 19.9 Å². The maximum absolute atomic E-state index is 6.36. The maximum atomic E-state index is 6.36. The molecule has 0 unspecified atom stereocenters. The second-order valence-electron chi connectivity index (χ2n) is 10.7. The zero-order valence-corrected chi connectivity index (χ0v) is 23.3. The Morgan fingerprint density at radius 1 is 0.409 bits per heavy atom. The molecule has 0 atom stereocenters. The minimum absolute atomic E-state index is 0.568. The van der Waals surface area contributed by atoms with Gasteiger partial charge in [0.15, 0.2) is 23.1 Å². The summed E-state index contributed by atoms with van der Waals surface area (Å²) in [5.41, 5.74) is 6.50. The number of rotatable bonds is 4. The summed E-state index contributed by atoms with van der Waals surface area (Å²) in [5.74, 6) is 2.35. The summed E-state index contributed by atoms with van der Waals surface area (Å²) in [6, 6.07) is 44.4. The fourth-order valence-electron chi connectivity index (χ4n) is 5.81. The molecule has 0 aliphatic heterocycles. The van der Waals surface area contributed by atoms with Crippen LogP contribution in [0.4, 0.5) is 0 Å². The normalized spacial score (nSPS) is 11.6. The number of hydrogen-bond acceptors (Lipinski definition) is 6. The third kappa shape index (κ3) is 4.04. The lowest BCUT2D eigenvalue weighted by molar-refractivity contribution is 0.620. The first-order valence-electron chi connectivity index (χ1n) is 14.4. The summed E-state index contributed by atoms with van der Waals surface area (Å²) < 4.78 is 12.6. The Bertz CT molecular complexity index is 2500. The van der Waals surface area contributed by atoms with Gasteiger partial charge in [-0.3, -0.25) is 0 Å². The molecular formula is C38H22N4O2. The summed E-state index contributed by atoms with van der Waals surface area (Å²) >= 11 is 0. The Balaban J connectivity index is 1.27. The van der Waals surface area contributed by atoms with Crippen molar-refractivity contribution in [1.82, 2.24) is 19.9 Å². The highest BCUT2D eigenvalue weighted by atomic mass is 16.4. The number of nitrogens with zero attached hydrogens (tertiary/aromatic N) is 4. The third-order valence-electron chi connectivity index (χ3n) is 7.94. The van der Waals surface area contributed by atoms with Gasteiger partial charge >= 0.3 is 0 Å². The average molecular weight is 567 g/mol. The van der Waals surface area contributed by atoms with E-state index in [9.17, 15) is 0 Å². The fourth-order valence-corrected chi connectivity index (χ4v) is 5.81. The lowest BCUT2D eigenvalue weighted by Crippen LogP contribution is -2.00. The Morgan fingerprint density at radius 3 is 1.93 bits per heavy atom. The van der Waals surface area contributed by atoms with Crippen LogP contribution in [0.3, 0.4) is 0 Å². The molecule has 0 saturated heterocycles. The van der Waals surface area contributed by atoms with Crippen molar-refractivity contribution in [3.05, 3.63) is 133 Å². The SMILES string of the molecule is c1ccc(-c2nc(-c3ccc4ccccc4c3)nc(-c3cccc4oc5cc6nc(-c7ccccc7)oc6cc5c34)n2)cc1. The van der Waals surface area contributed by atoms with E-state index in [4.69, 9.17) is 28.8 Å². The number of hydrogen-bond donors (Lipinski definition) is 0. The Labute approximate surface area is 251 Å². The fraction of sp³-hybridized carbons (Fsp3) is 0. The predicted molar refractivity (Wildman–Crippen MR) is 174 cm³/mol. The number of aromatic nitrogens is 4. The maximum Gasteiger partial charge on any atom is 0.227 e. The minimum Gasteiger partial charge on any atom is -0.456 e. The van der Waals surface area contributed by atoms with E-state index in [-0.39, 0.29) is 0 Å². The van der Waals surface area contributed by atoms with Crippen LogP contribution in [0.15, 0.2) is 142 Å². The van der Waals surface area contributed by atoms with Crippen LogP contribution in [0.5, 0.6) is 0 Å². The molecule has 0 bridgehead atoms. The predicted octanol–water partition coefficient (Wildman–Crippen LogP) is 9.73. The van der Waals surface area contributed by atoms with Crippen molar-refractivity contribution in [2.45, 2.75) is 0 Å². The Morgan fingerprint density at radius 2 is 1.11 bits per heavy atom. The second kappa shape index (κ2) is 9.71. The van der Waals surface area contributed by atoms with E-state index in [1.807, 2.05) is 103 Å². The molecule has 0 fully saturated rings. The summed E-state index contributed by atoms with van der Waals surface area (Å²) in [5, 5.41) is 4.12. The van der Waals surface area contributed by atoms with Gasteiger partial charge in [0.25, 0.3) is 0 Å². The quantitative estimate of drug-likeness (QED) is 0.211. The smallest absolute Gasteiger partial charge is 0.227 e. The molecule has 6 heteroatoms. The first-order chi connectivity index (χ1) is 21.8. The molecule has 0 spiro atoms. The number of furan rings is 1. The first-order valence-corrected chi connectivity index (χ1v) is 14.4. The topological polar surface area (TPSA) is 77.8 Å². The van der Waals surface area contributed by atoms with Crippen molar-refractivity contribution in [1.29, 1.82) is 0 Å². The molecule has 0 saturated carbocycles. The van der Waals surface area contributed by atoms with Crippen molar-refractivity contribution < 1.29 is 8.83 Å². The van der Waals surface area contributed by atoms with E-state index in [2.05, 4.69) is 30.3 Å². The van der Waals surface area contributed by atoms with Crippen LogP contribution in [-0.2, 0) is 0 Å². The van der Waals surface area contributed by atoms with Crippen LogP contribution >= 0.6 is 0 Å². The van der Waals surface area contributed by atoms with Crippen LogP contribution in [0.25, 0.3) is 89.4 Å². The molecule has 0 aliphatic rings. The van der Waals surface area contributed by atoms with Crippen molar-refractivity contribution in [2.75, 3.05) is 0 Å². The molecule has 0 radical (unpaired) electrons. The highest BCUT2D eigenvalue weighted by Crippen LogP contribution is 2.39. The molecule has 0 amide bonds. The number of benzene rings is 6. The van der Waals surface area contributed by atoms with Gasteiger partial charge in [-0.05, 0) is 41.1 Å². The number of oxazole rings is 1. The van der Waals surface area contributed by atoms with E-state index in [1.165, 1.54) is 0 Å². The van der Waals surface area contributed by atoms with Crippen molar-refractivity contribution in [3.63, 3.8) is 0 Å². The summed E-state index contributed by atoms with van der Waals surface area (Å²) in [6.07, 6.45) is 0. The van der Waals surface area contributed by atoms with Gasteiger partial charge in [0, 0.05) is 39.1 Å². The van der Waals surface area contributed by atoms with E-state index in [0.29, 0.717) is 28.9 Å². The highest BCUT2D eigenvalue weighted by Gasteiger charge is 2.20. The Kier molecular flexibility index (Phi) is 5.40. The van der Waals surface area contributed by atoms with E-state index in [0.717, 1.165) is 60.5 Å².